The second kappa shape index (κ2) is 8.64. The van der Waals surface area contributed by atoms with Gasteiger partial charge in [-0.1, -0.05) is 35.0 Å². The smallest absolute Gasteiger partial charge is 0.377 e. The molecule has 1 rings (SSSR count). The van der Waals surface area contributed by atoms with Crippen LogP contribution in [-0.4, -0.2) is 19.3 Å². The average molecular weight is 354 g/mol. The Morgan fingerprint density at radius 3 is 2.65 bits per heavy atom. The Balaban J connectivity index is 2.33. The number of nitrogens with one attached hydrogen (secondary N) is 1. The van der Waals surface area contributed by atoms with E-state index in [4.69, 9.17) is 4.74 Å². The highest BCUT2D eigenvalue weighted by Crippen LogP contribution is 2.22. The minimum atomic E-state index is -4.10. The molecule has 0 spiro atoms. The summed E-state index contributed by atoms with van der Waals surface area (Å²) in [5, 5.41) is 3.23. The highest BCUT2D eigenvalue weighted by Gasteiger charge is 2.25. The van der Waals surface area contributed by atoms with Gasteiger partial charge in [-0.3, -0.25) is 0 Å². The van der Waals surface area contributed by atoms with E-state index >= 15 is 0 Å². The van der Waals surface area contributed by atoms with Crippen molar-refractivity contribution in [3.05, 3.63) is 33.8 Å². The molecule has 0 amide bonds. The van der Waals surface area contributed by atoms with Gasteiger partial charge in [0.05, 0.1) is 6.61 Å². The molecule has 0 aliphatic carbocycles. The first-order valence-corrected chi connectivity index (χ1v) is 7.34. The fraction of sp³-hybridized carbons (Fsp3) is 0.571. The van der Waals surface area contributed by atoms with Crippen LogP contribution in [0, 0.1) is 0 Å². The summed E-state index contributed by atoms with van der Waals surface area (Å²) in [5.74, 6) is 0. The van der Waals surface area contributed by atoms with Crippen LogP contribution in [0.4, 0.5) is 13.2 Å². The van der Waals surface area contributed by atoms with Gasteiger partial charge in [0.25, 0.3) is 0 Å². The van der Waals surface area contributed by atoms with Gasteiger partial charge in [0.2, 0.25) is 0 Å². The molecule has 1 aromatic rings. The SMILES string of the molecule is CCNCc1ccc(COCCCC(F)(F)F)c(Br)c1. The molecule has 20 heavy (non-hydrogen) atoms. The van der Waals surface area contributed by atoms with Crippen LogP contribution in [0.2, 0.25) is 0 Å². The lowest BCUT2D eigenvalue weighted by molar-refractivity contribution is -0.138. The minimum Gasteiger partial charge on any atom is -0.377 e. The normalized spacial score (nSPS) is 11.8. The summed E-state index contributed by atoms with van der Waals surface area (Å²) >= 11 is 3.45. The molecule has 114 valence electrons. The zero-order valence-electron chi connectivity index (χ0n) is 11.4. The zero-order valence-corrected chi connectivity index (χ0v) is 13.0. The Morgan fingerprint density at radius 1 is 1.30 bits per heavy atom. The molecular formula is C14H19BrF3NO. The second-order valence-electron chi connectivity index (χ2n) is 4.48. The first kappa shape index (κ1) is 17.5. The Bertz CT molecular complexity index is 410. The molecule has 1 aromatic carbocycles. The fourth-order valence-electron chi connectivity index (χ4n) is 1.64. The zero-order chi connectivity index (χ0) is 15.0. The van der Waals surface area contributed by atoms with Gasteiger partial charge >= 0.3 is 6.18 Å². The van der Waals surface area contributed by atoms with Gasteiger partial charge in [-0.2, -0.15) is 13.2 Å². The largest absolute Gasteiger partial charge is 0.389 e. The van der Waals surface area contributed by atoms with Crippen molar-refractivity contribution in [3.63, 3.8) is 0 Å². The maximum Gasteiger partial charge on any atom is 0.389 e. The summed E-state index contributed by atoms with van der Waals surface area (Å²) < 4.78 is 42.0. The standard InChI is InChI=1S/C14H19BrF3NO/c1-2-19-9-11-4-5-12(13(15)8-11)10-20-7-3-6-14(16,17)18/h4-5,8,19H,2-3,6-7,9-10H2,1H3. The number of hydrogen-bond donors (Lipinski definition) is 1. The number of halogens is 4. The summed E-state index contributed by atoms with van der Waals surface area (Å²) in [5.41, 5.74) is 2.09. The molecule has 0 aliphatic rings. The highest BCUT2D eigenvalue weighted by molar-refractivity contribution is 9.10. The molecule has 0 aliphatic heterocycles. The maximum absolute atomic E-state index is 11.9. The van der Waals surface area contributed by atoms with Gasteiger partial charge in [0.1, 0.15) is 0 Å². The fourth-order valence-corrected chi connectivity index (χ4v) is 2.18. The van der Waals surface area contributed by atoms with Crippen molar-refractivity contribution in [2.24, 2.45) is 0 Å². The van der Waals surface area contributed by atoms with E-state index in [2.05, 4.69) is 21.2 Å². The molecule has 0 bridgehead atoms. The minimum absolute atomic E-state index is 0.000374. The van der Waals surface area contributed by atoms with Gasteiger partial charge < -0.3 is 10.1 Å². The highest BCUT2D eigenvalue weighted by atomic mass is 79.9. The van der Waals surface area contributed by atoms with Crippen LogP contribution in [0.1, 0.15) is 30.9 Å². The van der Waals surface area contributed by atoms with Crippen LogP contribution in [0.3, 0.4) is 0 Å². The quantitative estimate of drug-likeness (QED) is 0.698. The second-order valence-corrected chi connectivity index (χ2v) is 5.33. The Morgan fingerprint density at radius 2 is 2.05 bits per heavy atom. The third-order valence-electron chi connectivity index (χ3n) is 2.70. The van der Waals surface area contributed by atoms with Gasteiger partial charge in [-0.15, -0.1) is 0 Å². The molecule has 2 nitrogen and oxygen atoms in total. The topological polar surface area (TPSA) is 21.3 Å². The van der Waals surface area contributed by atoms with Crippen LogP contribution in [0.15, 0.2) is 22.7 Å². The lowest BCUT2D eigenvalue weighted by atomic mass is 10.1. The monoisotopic (exact) mass is 353 g/mol. The molecule has 0 saturated heterocycles. The molecule has 0 unspecified atom stereocenters. The molecule has 0 fully saturated rings. The van der Waals surface area contributed by atoms with E-state index in [0.717, 1.165) is 28.7 Å². The van der Waals surface area contributed by atoms with Gasteiger partial charge in [-0.05, 0) is 30.2 Å². The van der Waals surface area contributed by atoms with E-state index in [-0.39, 0.29) is 13.0 Å². The first-order valence-electron chi connectivity index (χ1n) is 6.55. The van der Waals surface area contributed by atoms with Crippen molar-refractivity contribution < 1.29 is 17.9 Å². The number of rotatable bonds is 8. The van der Waals surface area contributed by atoms with Crippen LogP contribution in [0.5, 0.6) is 0 Å². The third kappa shape index (κ3) is 7.26. The van der Waals surface area contributed by atoms with E-state index < -0.39 is 12.6 Å². The van der Waals surface area contributed by atoms with E-state index in [1.165, 1.54) is 0 Å². The lowest BCUT2D eigenvalue weighted by Crippen LogP contribution is -2.11. The van der Waals surface area contributed by atoms with Crippen molar-refractivity contribution in [2.45, 2.75) is 39.1 Å². The lowest BCUT2D eigenvalue weighted by Gasteiger charge is -2.10. The predicted octanol–water partition coefficient (Wildman–Crippen LogP) is 4.42. The molecule has 6 heteroatoms. The Labute approximate surface area is 125 Å². The van der Waals surface area contributed by atoms with Crippen molar-refractivity contribution in [1.82, 2.24) is 5.32 Å². The first-order chi connectivity index (χ1) is 9.42. The van der Waals surface area contributed by atoms with Crippen LogP contribution in [-0.2, 0) is 17.9 Å². The van der Waals surface area contributed by atoms with Crippen molar-refractivity contribution in [3.8, 4) is 0 Å². The summed E-state index contributed by atoms with van der Waals surface area (Å²) in [6.45, 7) is 4.17. The van der Waals surface area contributed by atoms with Crippen LogP contribution in [0.25, 0.3) is 0 Å². The molecule has 0 aromatic heterocycles. The summed E-state index contributed by atoms with van der Waals surface area (Å²) in [7, 11) is 0. The third-order valence-corrected chi connectivity index (χ3v) is 3.44. The van der Waals surface area contributed by atoms with E-state index in [1.54, 1.807) is 0 Å². The number of benzene rings is 1. The van der Waals surface area contributed by atoms with Crippen molar-refractivity contribution in [2.75, 3.05) is 13.2 Å². The van der Waals surface area contributed by atoms with E-state index in [9.17, 15) is 13.2 Å². The molecule has 0 radical (unpaired) electrons. The van der Waals surface area contributed by atoms with E-state index in [1.807, 2.05) is 25.1 Å². The summed E-state index contributed by atoms with van der Waals surface area (Å²) in [6.07, 6.45) is -4.90. The van der Waals surface area contributed by atoms with Gasteiger partial charge in [0.15, 0.2) is 0 Å². The Kier molecular flexibility index (Phi) is 7.55. The molecular weight excluding hydrogens is 335 g/mol. The van der Waals surface area contributed by atoms with Gasteiger partial charge in [0, 0.05) is 24.0 Å². The van der Waals surface area contributed by atoms with Crippen molar-refractivity contribution >= 4 is 15.9 Å². The molecule has 1 N–H and O–H groups in total. The Hall–Kier alpha value is -0.590. The molecule has 0 heterocycles. The number of alkyl halides is 3. The number of hydrogen-bond acceptors (Lipinski definition) is 2. The maximum atomic E-state index is 11.9. The van der Waals surface area contributed by atoms with Crippen LogP contribution < -0.4 is 5.32 Å². The van der Waals surface area contributed by atoms with Crippen LogP contribution >= 0.6 is 15.9 Å². The predicted molar refractivity (Wildman–Crippen MR) is 76.5 cm³/mol. The molecule has 0 atom stereocenters. The number of ether oxygens (including phenoxy) is 1. The van der Waals surface area contributed by atoms with Crippen molar-refractivity contribution in [1.29, 1.82) is 0 Å². The summed E-state index contributed by atoms with van der Waals surface area (Å²) in [6, 6.07) is 5.92. The van der Waals surface area contributed by atoms with Gasteiger partial charge in [-0.25, -0.2) is 0 Å². The molecule has 0 saturated carbocycles. The van der Waals surface area contributed by atoms with E-state index in [0.29, 0.717) is 6.61 Å². The average Bonchev–Trinajstić information content (AvgIpc) is 2.36. The summed E-state index contributed by atoms with van der Waals surface area (Å²) in [4.78, 5) is 0.